The molecular weight excluding hydrogens is 252 g/mol. The molecule has 2 aliphatic carbocycles. The van der Waals surface area contributed by atoms with E-state index in [2.05, 4.69) is 0 Å². The van der Waals surface area contributed by atoms with Crippen molar-refractivity contribution in [3.63, 3.8) is 0 Å². The van der Waals surface area contributed by atoms with E-state index in [1.165, 1.54) is 6.42 Å². The van der Waals surface area contributed by atoms with Gasteiger partial charge in [-0.25, -0.2) is 13.6 Å². The lowest BCUT2D eigenvalue weighted by Gasteiger charge is -2.33. The summed E-state index contributed by atoms with van der Waals surface area (Å²) in [4.78, 5) is 14.1. The minimum Gasteiger partial charge on any atom is -0.341 e. The van der Waals surface area contributed by atoms with E-state index in [0.29, 0.717) is 19.5 Å². The second-order valence-corrected chi connectivity index (χ2v) is 7.91. The molecule has 1 amide bonds. The van der Waals surface area contributed by atoms with Crippen molar-refractivity contribution in [1.82, 2.24) is 4.90 Å². The Bertz CT molecular complexity index is 452. The molecule has 3 aliphatic rings. The van der Waals surface area contributed by atoms with Crippen molar-refractivity contribution in [3.8, 4) is 0 Å². The lowest BCUT2D eigenvalue weighted by molar-refractivity contribution is -0.136. The monoisotopic (exact) mass is 272 g/mol. The van der Waals surface area contributed by atoms with E-state index in [-0.39, 0.29) is 11.8 Å². The molecule has 1 saturated heterocycles. The summed E-state index contributed by atoms with van der Waals surface area (Å²) in [6.45, 7) is 0.986. The number of likely N-dealkylation sites (tertiary alicyclic amines) is 1. The number of hydrogen-bond donors (Lipinski definition) is 1. The fraction of sp³-hybridized carbons (Fsp3) is 0.917. The second-order valence-electron chi connectivity index (χ2n) is 6.06. The Morgan fingerprint density at radius 1 is 1.17 bits per heavy atom. The summed E-state index contributed by atoms with van der Waals surface area (Å²) in [6.07, 6.45) is 4.65. The van der Waals surface area contributed by atoms with Gasteiger partial charge in [0.05, 0.1) is 5.25 Å². The molecule has 0 aromatic carbocycles. The molecule has 6 heteroatoms. The third-order valence-corrected chi connectivity index (χ3v) is 6.06. The molecule has 3 rings (SSSR count). The van der Waals surface area contributed by atoms with Gasteiger partial charge in [0.2, 0.25) is 15.9 Å². The smallest absolute Gasteiger partial charge is 0.225 e. The van der Waals surface area contributed by atoms with Crippen molar-refractivity contribution in [1.29, 1.82) is 0 Å². The third kappa shape index (κ3) is 2.28. The Labute approximate surface area is 108 Å². The Hall–Kier alpha value is -0.620. The van der Waals surface area contributed by atoms with Crippen LogP contribution in [0, 0.1) is 17.8 Å². The molecule has 3 atom stereocenters. The number of piperidine rings is 1. The maximum atomic E-state index is 12.3. The summed E-state index contributed by atoms with van der Waals surface area (Å²) < 4.78 is 22.7. The average molecular weight is 272 g/mol. The molecule has 1 aliphatic heterocycles. The van der Waals surface area contributed by atoms with Crippen LogP contribution in [0.5, 0.6) is 0 Å². The van der Waals surface area contributed by atoms with Crippen LogP contribution in [0.25, 0.3) is 0 Å². The molecule has 2 N–H and O–H groups in total. The first-order valence-electron chi connectivity index (χ1n) is 6.75. The number of primary sulfonamides is 1. The summed E-state index contributed by atoms with van der Waals surface area (Å²) in [5, 5.41) is 4.63. The lowest BCUT2D eigenvalue weighted by Crippen LogP contribution is -2.48. The van der Waals surface area contributed by atoms with Crippen LogP contribution in [0.4, 0.5) is 0 Å². The van der Waals surface area contributed by atoms with Gasteiger partial charge in [-0.05, 0) is 43.9 Å². The Morgan fingerprint density at radius 2 is 1.83 bits per heavy atom. The minimum absolute atomic E-state index is 0.146. The van der Waals surface area contributed by atoms with E-state index in [1.54, 1.807) is 4.90 Å². The number of nitrogens with zero attached hydrogens (tertiary/aromatic N) is 1. The second kappa shape index (κ2) is 4.20. The van der Waals surface area contributed by atoms with Crippen LogP contribution >= 0.6 is 0 Å². The van der Waals surface area contributed by atoms with Gasteiger partial charge in [-0.3, -0.25) is 4.79 Å². The molecule has 0 bridgehead atoms. The van der Waals surface area contributed by atoms with Gasteiger partial charge in [0.15, 0.2) is 0 Å². The number of sulfonamides is 1. The van der Waals surface area contributed by atoms with E-state index in [4.69, 9.17) is 5.14 Å². The van der Waals surface area contributed by atoms with Gasteiger partial charge in [-0.1, -0.05) is 0 Å². The van der Waals surface area contributed by atoms with Gasteiger partial charge >= 0.3 is 0 Å². The highest BCUT2D eigenvalue weighted by Crippen LogP contribution is 2.54. The molecule has 1 heterocycles. The lowest BCUT2D eigenvalue weighted by atomic mass is 10.00. The molecule has 5 nitrogen and oxygen atoms in total. The molecule has 3 fully saturated rings. The zero-order chi connectivity index (χ0) is 12.9. The van der Waals surface area contributed by atoms with Crippen LogP contribution in [0.3, 0.4) is 0 Å². The van der Waals surface area contributed by atoms with E-state index in [0.717, 1.165) is 31.1 Å². The SMILES string of the molecule is NS(=O)(=O)C1CCCN(C(=O)C2CC3CC3C2)C1. The highest BCUT2D eigenvalue weighted by Gasteiger charge is 2.49. The first-order chi connectivity index (χ1) is 8.45. The molecule has 18 heavy (non-hydrogen) atoms. The summed E-state index contributed by atoms with van der Waals surface area (Å²) in [7, 11) is -3.51. The maximum absolute atomic E-state index is 12.3. The zero-order valence-corrected chi connectivity index (χ0v) is 11.2. The van der Waals surface area contributed by atoms with Crippen molar-refractivity contribution < 1.29 is 13.2 Å². The van der Waals surface area contributed by atoms with Crippen LogP contribution in [0.2, 0.25) is 0 Å². The molecule has 0 aromatic rings. The van der Waals surface area contributed by atoms with Crippen molar-refractivity contribution >= 4 is 15.9 Å². The summed E-state index contributed by atoms with van der Waals surface area (Å²) >= 11 is 0. The standard InChI is InChI=1S/C12H20N2O3S/c13-18(16,17)11-2-1-3-14(7-11)12(15)10-5-8-4-9(8)6-10/h8-11H,1-7H2,(H2,13,16,17). The fourth-order valence-corrected chi connectivity index (χ4v) is 4.46. The molecule has 0 aromatic heterocycles. The number of amides is 1. The van der Waals surface area contributed by atoms with Gasteiger partial charge in [-0.15, -0.1) is 0 Å². The number of carbonyl (C=O) groups is 1. The fourth-order valence-electron chi connectivity index (χ4n) is 3.58. The molecular formula is C12H20N2O3S. The predicted molar refractivity (Wildman–Crippen MR) is 67.0 cm³/mol. The highest BCUT2D eigenvalue weighted by molar-refractivity contribution is 7.89. The maximum Gasteiger partial charge on any atom is 0.225 e. The van der Waals surface area contributed by atoms with Gasteiger partial charge in [0, 0.05) is 19.0 Å². The van der Waals surface area contributed by atoms with Crippen molar-refractivity contribution in [2.24, 2.45) is 22.9 Å². The van der Waals surface area contributed by atoms with Crippen molar-refractivity contribution in [2.45, 2.75) is 37.4 Å². The van der Waals surface area contributed by atoms with Crippen LogP contribution in [0.1, 0.15) is 32.1 Å². The molecule has 102 valence electrons. The van der Waals surface area contributed by atoms with Crippen LogP contribution < -0.4 is 5.14 Å². The molecule has 0 radical (unpaired) electrons. The van der Waals surface area contributed by atoms with Gasteiger partial charge in [0.1, 0.15) is 0 Å². The number of fused-ring (bicyclic) bond motifs is 1. The number of hydrogen-bond acceptors (Lipinski definition) is 3. The highest BCUT2D eigenvalue weighted by atomic mass is 32.2. The quantitative estimate of drug-likeness (QED) is 0.785. The normalized spacial score (nSPS) is 39.5. The minimum atomic E-state index is -3.51. The Balaban J connectivity index is 1.63. The largest absolute Gasteiger partial charge is 0.341 e. The van der Waals surface area contributed by atoms with E-state index in [9.17, 15) is 13.2 Å². The van der Waals surface area contributed by atoms with Crippen molar-refractivity contribution in [3.05, 3.63) is 0 Å². The number of carbonyl (C=O) groups excluding carboxylic acids is 1. The average Bonchev–Trinajstić information content (AvgIpc) is 2.94. The first-order valence-corrected chi connectivity index (χ1v) is 8.36. The number of rotatable bonds is 2. The topological polar surface area (TPSA) is 80.5 Å². The Kier molecular flexibility index (Phi) is 2.90. The van der Waals surface area contributed by atoms with Gasteiger partial charge in [0.25, 0.3) is 0 Å². The molecule has 2 saturated carbocycles. The molecule has 3 unspecified atom stereocenters. The van der Waals surface area contributed by atoms with E-state index < -0.39 is 15.3 Å². The van der Waals surface area contributed by atoms with Gasteiger partial charge < -0.3 is 4.90 Å². The van der Waals surface area contributed by atoms with E-state index in [1.807, 2.05) is 0 Å². The third-order valence-electron chi connectivity index (χ3n) is 4.75. The van der Waals surface area contributed by atoms with E-state index >= 15 is 0 Å². The predicted octanol–water partition coefficient (Wildman–Crippen LogP) is 0.312. The van der Waals surface area contributed by atoms with Crippen LogP contribution in [0.15, 0.2) is 0 Å². The Morgan fingerprint density at radius 3 is 2.44 bits per heavy atom. The van der Waals surface area contributed by atoms with Crippen LogP contribution in [-0.4, -0.2) is 37.6 Å². The van der Waals surface area contributed by atoms with Crippen LogP contribution in [-0.2, 0) is 14.8 Å². The van der Waals surface area contributed by atoms with Crippen molar-refractivity contribution in [2.75, 3.05) is 13.1 Å². The summed E-state index contributed by atoms with van der Waals surface area (Å²) in [6, 6.07) is 0. The number of nitrogens with two attached hydrogens (primary N) is 1. The first kappa shape index (κ1) is 12.4. The zero-order valence-electron chi connectivity index (χ0n) is 10.4. The van der Waals surface area contributed by atoms with Gasteiger partial charge in [-0.2, -0.15) is 0 Å². The molecule has 0 spiro atoms. The summed E-state index contributed by atoms with van der Waals surface area (Å²) in [5.41, 5.74) is 0. The summed E-state index contributed by atoms with van der Waals surface area (Å²) in [5.74, 6) is 1.86.